The molecule has 0 saturated heterocycles. The molecule has 6 heterocycles. The highest BCUT2D eigenvalue weighted by atomic mass is 32.1. The zero-order valence-electron chi connectivity index (χ0n) is 69.5. The lowest BCUT2D eigenvalue weighted by atomic mass is 9.81. The summed E-state index contributed by atoms with van der Waals surface area (Å²) in [7, 11) is 0. The van der Waals surface area contributed by atoms with E-state index in [1.165, 1.54) is 170 Å². The second-order valence-corrected chi connectivity index (χ2v) is 37.3. The standard InChI is InChI=1S/C43H28N2S.2C38H22N2S/c1-43(2)36-22-25(27-15-9-16-35-32-12-7-8-17-39(32)46-42(27)35)18-20-30(36)31-21-19-26(23-37(31)43)38-24-44-40-33-13-5-3-10-28(33)29-11-4-6-14-34(29)41(40)45-38;1-3-13-30-25(10-1)26-11-2-4-14-31(26)37-36(30)39-22-34(40-37)28-18-8-15-23-24(28)16-7-17-27(23)32-19-9-20-33-29-12-5-6-21-35(29)41-38(32)33;1-3-11-31-28(8-1)29-9-2-4-12-32(29)37-36(31)39-22-34(40-37)25-19-17-23-16-18-24(20-26(23)21-25)27-13-7-14-33-30-10-5-6-15-35(30)41-38(27)33/h3-24H,1-2H3;2*1-22H. The van der Waals surface area contributed by atoms with Crippen LogP contribution in [0.4, 0.5) is 0 Å². The summed E-state index contributed by atoms with van der Waals surface area (Å²) < 4.78 is 8.01. The van der Waals surface area contributed by atoms with Gasteiger partial charge in [0.05, 0.1) is 68.8 Å². The number of hydrogen-bond donors (Lipinski definition) is 0. The topological polar surface area (TPSA) is 77.3 Å². The third-order valence-electron chi connectivity index (χ3n) is 26.7. The maximum absolute atomic E-state index is 5.29. The molecule has 0 spiro atoms. The van der Waals surface area contributed by atoms with Crippen molar-refractivity contribution in [2.45, 2.75) is 19.3 Å². The van der Waals surface area contributed by atoms with Gasteiger partial charge in [0.1, 0.15) is 0 Å². The molecule has 0 bridgehead atoms. The van der Waals surface area contributed by atoms with E-state index in [1.807, 2.05) is 52.6 Å². The Labute approximate surface area is 747 Å². The molecule has 21 aromatic carbocycles. The molecule has 0 atom stereocenters. The minimum Gasteiger partial charge on any atom is -0.252 e. The molecule has 0 unspecified atom stereocenters. The molecule has 0 radical (unpaired) electrons. The molecule has 6 nitrogen and oxygen atoms in total. The van der Waals surface area contributed by atoms with Crippen molar-refractivity contribution in [2.24, 2.45) is 0 Å². The van der Waals surface area contributed by atoms with Crippen LogP contribution in [0.3, 0.4) is 0 Å². The van der Waals surface area contributed by atoms with E-state index in [2.05, 4.69) is 396 Å². The van der Waals surface area contributed by atoms with E-state index in [-0.39, 0.29) is 5.41 Å². The van der Waals surface area contributed by atoms with Gasteiger partial charge >= 0.3 is 0 Å². The van der Waals surface area contributed by atoms with Gasteiger partial charge in [0.25, 0.3) is 0 Å². The first kappa shape index (κ1) is 73.9. The molecular weight excluding hydrogens is 1610 g/mol. The monoisotopic (exact) mass is 1680 g/mol. The van der Waals surface area contributed by atoms with E-state index in [0.29, 0.717) is 0 Å². The third-order valence-corrected chi connectivity index (χ3v) is 30.4. The van der Waals surface area contributed by atoms with Crippen molar-refractivity contribution >= 4 is 214 Å². The fourth-order valence-corrected chi connectivity index (χ4v) is 24.3. The van der Waals surface area contributed by atoms with Crippen LogP contribution in [0.25, 0.3) is 258 Å². The van der Waals surface area contributed by atoms with Crippen LogP contribution in [0.5, 0.6) is 0 Å². The molecule has 0 amide bonds. The molecule has 6 aromatic heterocycles. The van der Waals surface area contributed by atoms with E-state index in [1.54, 1.807) is 0 Å². The number of benzene rings is 21. The highest BCUT2D eigenvalue weighted by Gasteiger charge is 2.37. The van der Waals surface area contributed by atoms with E-state index in [9.17, 15) is 0 Å². The van der Waals surface area contributed by atoms with Crippen molar-refractivity contribution in [3.63, 3.8) is 0 Å². The molecule has 0 saturated carbocycles. The van der Waals surface area contributed by atoms with Crippen LogP contribution in [0.1, 0.15) is 25.0 Å². The lowest BCUT2D eigenvalue weighted by Gasteiger charge is -2.22. The molecule has 0 fully saturated rings. The summed E-state index contributed by atoms with van der Waals surface area (Å²) in [4.78, 5) is 30.8. The van der Waals surface area contributed by atoms with Crippen molar-refractivity contribution in [3.8, 4) is 78.3 Å². The zero-order valence-corrected chi connectivity index (χ0v) is 72.0. The summed E-state index contributed by atoms with van der Waals surface area (Å²) in [5, 5.41) is 26.9. The first-order chi connectivity index (χ1) is 63.2. The smallest absolute Gasteiger partial charge is 0.0979 e. The van der Waals surface area contributed by atoms with Gasteiger partial charge in [0, 0.05) is 121 Å². The van der Waals surface area contributed by atoms with E-state index in [0.717, 1.165) is 99.2 Å². The Morgan fingerprint density at radius 1 is 0.188 bits per heavy atom. The number of hydrogen-bond acceptors (Lipinski definition) is 9. The van der Waals surface area contributed by atoms with Gasteiger partial charge in [-0.05, 0) is 146 Å². The van der Waals surface area contributed by atoms with Crippen molar-refractivity contribution in [3.05, 3.63) is 412 Å². The zero-order chi connectivity index (χ0) is 84.4. The molecule has 0 aliphatic heterocycles. The van der Waals surface area contributed by atoms with Gasteiger partial charge in [-0.15, -0.1) is 34.0 Å². The Hall–Kier alpha value is -15.6. The van der Waals surface area contributed by atoms with Crippen LogP contribution < -0.4 is 0 Å². The minimum atomic E-state index is -0.155. The van der Waals surface area contributed by atoms with Gasteiger partial charge < -0.3 is 0 Å². The molecule has 1 aliphatic carbocycles. The van der Waals surface area contributed by atoms with Crippen LogP contribution >= 0.6 is 34.0 Å². The minimum absolute atomic E-state index is 0.155. The molecule has 27 aromatic rings. The van der Waals surface area contributed by atoms with Crippen molar-refractivity contribution in [1.29, 1.82) is 0 Å². The van der Waals surface area contributed by atoms with Crippen LogP contribution in [-0.4, -0.2) is 29.9 Å². The third kappa shape index (κ3) is 11.7. The van der Waals surface area contributed by atoms with E-state index >= 15 is 0 Å². The average Bonchev–Trinajstić information content (AvgIpc) is 1.55. The number of fused-ring (bicyclic) bond motifs is 32. The van der Waals surface area contributed by atoms with Crippen molar-refractivity contribution in [2.75, 3.05) is 0 Å². The SMILES string of the molecule is CC1(C)c2cc(-c3cnc4c5ccccc5c5ccccc5c4n3)ccc2-c2ccc(-c3cccc4c3sc3ccccc34)cc21.c1ccc2c(c1)sc1c(-c3ccc4ccc(-c5cnc6c7ccccc7c7ccccc7c6n5)cc4c3)cccc12.c1ccc2c(c1)sc1c(-c3cccc4c(-c5cnc6c7ccccc7c7ccccc7c6n5)cccc34)cccc12. The maximum atomic E-state index is 5.29. The Morgan fingerprint density at radius 3 is 0.906 bits per heavy atom. The lowest BCUT2D eigenvalue weighted by molar-refractivity contribution is 0.661. The molecule has 128 heavy (non-hydrogen) atoms. The summed E-state index contributed by atoms with van der Waals surface area (Å²) in [5.74, 6) is 0. The Kier molecular flexibility index (Phi) is 16.9. The predicted octanol–water partition coefficient (Wildman–Crippen LogP) is 33.5. The van der Waals surface area contributed by atoms with Gasteiger partial charge in [-0.2, -0.15) is 0 Å². The fraction of sp³-hybridized carbons (Fsp3) is 0.0252. The first-order valence-corrected chi connectivity index (χ1v) is 45.9. The van der Waals surface area contributed by atoms with Crippen molar-refractivity contribution < 1.29 is 0 Å². The van der Waals surface area contributed by atoms with Crippen LogP contribution in [0.15, 0.2) is 401 Å². The molecule has 596 valence electrons. The number of aromatic nitrogens is 6. The average molecular weight is 1680 g/mol. The number of thiophene rings is 3. The molecule has 1 aliphatic rings. The quantitative estimate of drug-likeness (QED) is 0.154. The Bertz CT molecular complexity index is 9320. The second kappa shape index (κ2) is 29.3. The normalized spacial score (nSPS) is 12.5. The molecule has 9 heteroatoms. The summed E-state index contributed by atoms with van der Waals surface area (Å²) >= 11 is 5.64. The van der Waals surface area contributed by atoms with E-state index in [4.69, 9.17) is 29.9 Å². The van der Waals surface area contributed by atoms with Gasteiger partial charge in [-0.25, -0.2) is 15.0 Å². The Morgan fingerprint density at radius 2 is 0.469 bits per heavy atom. The van der Waals surface area contributed by atoms with Crippen LogP contribution in [0.2, 0.25) is 0 Å². The maximum Gasteiger partial charge on any atom is 0.0979 e. The number of rotatable bonds is 6. The molecular formula is C119H72N6S3. The molecule has 28 rings (SSSR count). The van der Waals surface area contributed by atoms with Gasteiger partial charge in [-0.3, -0.25) is 15.0 Å². The highest BCUT2D eigenvalue weighted by Crippen LogP contribution is 2.53. The largest absolute Gasteiger partial charge is 0.252 e. The van der Waals surface area contributed by atoms with Crippen molar-refractivity contribution in [1.82, 2.24) is 29.9 Å². The number of nitrogens with zero attached hydrogens (tertiary/aromatic N) is 6. The molecule has 0 N–H and O–H groups in total. The lowest BCUT2D eigenvalue weighted by Crippen LogP contribution is -2.15. The summed E-state index contributed by atoms with van der Waals surface area (Å²) in [6, 6.07) is 138. The van der Waals surface area contributed by atoms with Crippen LogP contribution in [0, 0.1) is 0 Å². The fourth-order valence-electron chi connectivity index (χ4n) is 20.6. The second-order valence-electron chi connectivity index (χ2n) is 34.1. The van der Waals surface area contributed by atoms with Gasteiger partial charge in [0.15, 0.2) is 0 Å². The Balaban J connectivity index is 0.000000102. The first-order valence-electron chi connectivity index (χ1n) is 43.5. The summed E-state index contributed by atoms with van der Waals surface area (Å²) in [6.07, 6.45) is 5.81. The van der Waals surface area contributed by atoms with Gasteiger partial charge in [-0.1, -0.05) is 354 Å². The highest BCUT2D eigenvalue weighted by molar-refractivity contribution is 7.27. The summed E-state index contributed by atoms with van der Waals surface area (Å²) in [6.45, 7) is 4.72. The van der Waals surface area contributed by atoms with Crippen LogP contribution in [-0.2, 0) is 5.41 Å². The van der Waals surface area contributed by atoms with Gasteiger partial charge in [0.2, 0.25) is 0 Å². The van der Waals surface area contributed by atoms with E-state index < -0.39 is 0 Å². The predicted molar refractivity (Wildman–Crippen MR) is 548 cm³/mol. The summed E-state index contributed by atoms with van der Waals surface area (Å²) in [5.41, 5.74) is 24.4.